The van der Waals surface area contributed by atoms with Crippen LogP contribution >= 0.6 is 0 Å². The number of anilines is 1. The third-order valence-corrected chi connectivity index (χ3v) is 5.28. The van der Waals surface area contributed by atoms with Gasteiger partial charge in [-0.05, 0) is 52.3 Å². The molecule has 0 spiro atoms. The van der Waals surface area contributed by atoms with E-state index < -0.39 is 11.7 Å². The normalized spacial score (nSPS) is 11.3. The van der Waals surface area contributed by atoms with Gasteiger partial charge in [-0.3, -0.25) is 14.5 Å². The Balaban J connectivity index is 1.85. The Morgan fingerprint density at radius 2 is 1.76 bits per heavy atom. The van der Waals surface area contributed by atoms with Crippen LogP contribution in [0.1, 0.15) is 56.5 Å². The van der Waals surface area contributed by atoms with Crippen molar-refractivity contribution >= 4 is 34.4 Å². The molecule has 0 fully saturated rings. The van der Waals surface area contributed by atoms with E-state index in [4.69, 9.17) is 9.47 Å². The first kappa shape index (κ1) is 25.0. The van der Waals surface area contributed by atoms with Crippen LogP contribution in [0.4, 0.5) is 10.5 Å². The number of para-hydroxylation sites is 1. The van der Waals surface area contributed by atoms with Gasteiger partial charge >= 0.3 is 12.1 Å². The lowest BCUT2D eigenvalue weighted by molar-refractivity contribution is -0.143. The summed E-state index contributed by atoms with van der Waals surface area (Å²) >= 11 is 0. The topological polar surface area (TPSA) is 77.8 Å². The fraction of sp³-hybridized carbons (Fsp3) is 0.370. The maximum absolute atomic E-state index is 13.5. The highest BCUT2D eigenvalue weighted by atomic mass is 16.6. The molecule has 180 valence electrons. The van der Waals surface area contributed by atoms with Gasteiger partial charge in [0.15, 0.2) is 5.78 Å². The predicted octanol–water partition coefficient (Wildman–Crippen LogP) is 5.59. The zero-order valence-electron chi connectivity index (χ0n) is 20.5. The summed E-state index contributed by atoms with van der Waals surface area (Å²) in [6.07, 6.45) is 2.28. The Bertz CT molecular complexity index is 1190. The molecule has 0 unspecified atom stereocenters. The van der Waals surface area contributed by atoms with Crippen LogP contribution in [0.25, 0.3) is 10.9 Å². The van der Waals surface area contributed by atoms with Crippen molar-refractivity contribution in [2.75, 3.05) is 18.6 Å². The molecule has 2 aromatic carbocycles. The quantitative estimate of drug-likeness (QED) is 0.321. The number of hydrogen-bond donors (Lipinski definition) is 0. The molecule has 1 heterocycles. The molecule has 0 aliphatic carbocycles. The molecular formula is C27H32N2O5. The SMILES string of the molecule is CCOC(=O)CCCn1cc(C(=O)c2cccc(N(C)C(=O)OC(C)(C)C)c2)c2ccccc21. The van der Waals surface area contributed by atoms with Gasteiger partial charge < -0.3 is 14.0 Å². The fourth-order valence-electron chi connectivity index (χ4n) is 3.69. The molecule has 7 nitrogen and oxygen atoms in total. The van der Waals surface area contributed by atoms with Crippen molar-refractivity contribution in [3.8, 4) is 0 Å². The first-order valence-electron chi connectivity index (χ1n) is 11.5. The highest BCUT2D eigenvalue weighted by Crippen LogP contribution is 2.26. The first-order chi connectivity index (χ1) is 16.1. The van der Waals surface area contributed by atoms with Gasteiger partial charge in [0.2, 0.25) is 0 Å². The summed E-state index contributed by atoms with van der Waals surface area (Å²) in [4.78, 5) is 39.0. The lowest BCUT2D eigenvalue weighted by atomic mass is 10.0. The molecule has 0 radical (unpaired) electrons. The number of benzene rings is 2. The summed E-state index contributed by atoms with van der Waals surface area (Å²) in [5, 5.41) is 0.842. The van der Waals surface area contributed by atoms with E-state index in [1.165, 1.54) is 4.90 Å². The number of esters is 1. The Morgan fingerprint density at radius 1 is 1.03 bits per heavy atom. The highest BCUT2D eigenvalue weighted by Gasteiger charge is 2.22. The van der Waals surface area contributed by atoms with Crippen molar-refractivity contribution in [2.24, 2.45) is 0 Å². The van der Waals surface area contributed by atoms with Gasteiger partial charge in [-0.25, -0.2) is 4.79 Å². The Hall–Kier alpha value is -3.61. The minimum atomic E-state index is -0.617. The Morgan fingerprint density at radius 3 is 2.47 bits per heavy atom. The van der Waals surface area contributed by atoms with Crippen molar-refractivity contribution in [3.05, 3.63) is 65.9 Å². The van der Waals surface area contributed by atoms with Gasteiger partial charge in [0.1, 0.15) is 5.60 Å². The fourth-order valence-corrected chi connectivity index (χ4v) is 3.69. The standard InChI is InChI=1S/C27H32N2O5/c1-6-33-24(30)15-10-16-29-18-22(21-13-7-8-14-23(21)29)25(31)19-11-9-12-20(17-19)28(5)26(32)34-27(2,3)4/h7-9,11-14,17-18H,6,10,15-16H2,1-5H3. The van der Waals surface area contributed by atoms with Gasteiger partial charge in [-0.15, -0.1) is 0 Å². The molecule has 3 rings (SSSR count). The molecule has 0 atom stereocenters. The van der Waals surface area contributed by atoms with Gasteiger partial charge in [0.05, 0.1) is 6.61 Å². The van der Waals surface area contributed by atoms with Crippen LogP contribution in [0.5, 0.6) is 0 Å². The molecule has 7 heteroatoms. The van der Waals surface area contributed by atoms with Crippen LogP contribution in [0.15, 0.2) is 54.7 Å². The van der Waals surface area contributed by atoms with Gasteiger partial charge in [-0.1, -0.05) is 30.3 Å². The van der Waals surface area contributed by atoms with Crippen LogP contribution in [0.3, 0.4) is 0 Å². The Labute approximate surface area is 200 Å². The average Bonchev–Trinajstić information content (AvgIpc) is 3.16. The van der Waals surface area contributed by atoms with E-state index in [2.05, 4.69) is 0 Å². The molecule has 1 aromatic heterocycles. The van der Waals surface area contributed by atoms with Crippen LogP contribution in [-0.4, -0.2) is 41.7 Å². The van der Waals surface area contributed by atoms with E-state index >= 15 is 0 Å². The van der Waals surface area contributed by atoms with Crippen molar-refractivity contribution in [3.63, 3.8) is 0 Å². The molecule has 0 N–H and O–H groups in total. The number of ketones is 1. The van der Waals surface area contributed by atoms with E-state index in [1.807, 2.05) is 35.0 Å². The smallest absolute Gasteiger partial charge is 0.414 e. The number of hydrogen-bond acceptors (Lipinski definition) is 5. The van der Waals surface area contributed by atoms with Crippen molar-refractivity contribution in [1.82, 2.24) is 4.57 Å². The second kappa shape index (κ2) is 10.5. The first-order valence-corrected chi connectivity index (χ1v) is 11.5. The van der Waals surface area contributed by atoms with Crippen molar-refractivity contribution < 1.29 is 23.9 Å². The van der Waals surface area contributed by atoms with E-state index in [0.717, 1.165) is 10.9 Å². The summed E-state index contributed by atoms with van der Waals surface area (Å²) in [6.45, 7) is 8.17. The molecule has 0 saturated carbocycles. The lowest BCUT2D eigenvalue weighted by Crippen LogP contribution is -2.34. The second-order valence-corrected chi connectivity index (χ2v) is 9.08. The molecule has 0 aliphatic rings. The van der Waals surface area contributed by atoms with Gasteiger partial charge in [-0.2, -0.15) is 0 Å². The Kier molecular flexibility index (Phi) is 7.76. The maximum Gasteiger partial charge on any atom is 0.414 e. The minimum absolute atomic E-state index is 0.139. The van der Waals surface area contributed by atoms with Crippen LogP contribution in [0.2, 0.25) is 0 Å². The van der Waals surface area contributed by atoms with Gasteiger partial charge in [0.25, 0.3) is 0 Å². The largest absolute Gasteiger partial charge is 0.466 e. The van der Waals surface area contributed by atoms with E-state index in [9.17, 15) is 14.4 Å². The van der Waals surface area contributed by atoms with E-state index in [-0.39, 0.29) is 11.8 Å². The second-order valence-electron chi connectivity index (χ2n) is 9.08. The number of carbonyl (C=O) groups is 3. The van der Waals surface area contributed by atoms with E-state index in [0.29, 0.717) is 42.8 Å². The van der Waals surface area contributed by atoms with Crippen molar-refractivity contribution in [2.45, 2.75) is 52.7 Å². The summed E-state index contributed by atoms with van der Waals surface area (Å²) in [5.41, 5.74) is 1.93. The summed E-state index contributed by atoms with van der Waals surface area (Å²) in [7, 11) is 1.62. The van der Waals surface area contributed by atoms with Crippen LogP contribution in [-0.2, 0) is 20.8 Å². The monoisotopic (exact) mass is 464 g/mol. The molecule has 1 amide bonds. The summed E-state index contributed by atoms with van der Waals surface area (Å²) in [6, 6.07) is 14.6. The number of ether oxygens (including phenoxy) is 2. The third kappa shape index (κ3) is 6.04. The number of aryl methyl sites for hydroxylation is 1. The number of rotatable bonds is 8. The predicted molar refractivity (Wildman–Crippen MR) is 132 cm³/mol. The number of amides is 1. The highest BCUT2D eigenvalue weighted by molar-refractivity contribution is 6.16. The number of fused-ring (bicyclic) bond motifs is 1. The van der Waals surface area contributed by atoms with E-state index in [1.54, 1.807) is 59.0 Å². The molecule has 0 aliphatic heterocycles. The maximum atomic E-state index is 13.5. The average molecular weight is 465 g/mol. The summed E-state index contributed by atoms with van der Waals surface area (Å²) < 4.78 is 12.4. The summed E-state index contributed by atoms with van der Waals surface area (Å²) in [5.74, 6) is -0.360. The lowest BCUT2D eigenvalue weighted by Gasteiger charge is -2.24. The number of nitrogens with zero attached hydrogens (tertiary/aromatic N) is 2. The number of carbonyl (C=O) groups excluding carboxylic acids is 3. The molecular weight excluding hydrogens is 432 g/mol. The van der Waals surface area contributed by atoms with Crippen LogP contribution < -0.4 is 4.90 Å². The minimum Gasteiger partial charge on any atom is -0.466 e. The number of aromatic nitrogens is 1. The molecule has 34 heavy (non-hydrogen) atoms. The van der Waals surface area contributed by atoms with Gasteiger partial charge in [0, 0.05) is 53.9 Å². The third-order valence-electron chi connectivity index (χ3n) is 5.28. The zero-order chi connectivity index (χ0) is 24.9. The zero-order valence-corrected chi connectivity index (χ0v) is 20.5. The molecule has 0 bridgehead atoms. The van der Waals surface area contributed by atoms with Crippen molar-refractivity contribution in [1.29, 1.82) is 0 Å². The molecule has 0 saturated heterocycles. The molecule has 3 aromatic rings. The van der Waals surface area contributed by atoms with Crippen LogP contribution in [0, 0.1) is 0 Å².